The van der Waals surface area contributed by atoms with Crippen molar-refractivity contribution in [3.63, 3.8) is 0 Å². The molecule has 3 N–H and O–H groups in total. The molecule has 1 saturated heterocycles. The van der Waals surface area contributed by atoms with Gasteiger partial charge < -0.3 is 25.2 Å². The smallest absolute Gasteiger partial charge is 0.408 e. The minimum atomic E-state index is -1.43. The van der Waals surface area contributed by atoms with Gasteiger partial charge in [0.15, 0.2) is 11.6 Å². The lowest BCUT2D eigenvalue weighted by atomic mass is 9.89. The Balaban J connectivity index is 1.50. The minimum Gasteiger partial charge on any atom is -0.481 e. The normalized spacial score (nSPS) is 17.4. The van der Waals surface area contributed by atoms with Gasteiger partial charge in [-0.2, -0.15) is 0 Å². The molecule has 3 aromatic carbocycles. The molecule has 4 rings (SSSR count). The quantitative estimate of drug-likeness (QED) is 0.211. The fourth-order valence-corrected chi connectivity index (χ4v) is 4.84. The molecule has 0 saturated carbocycles. The van der Waals surface area contributed by atoms with Gasteiger partial charge in [-0.25, -0.2) is 4.79 Å². The Labute approximate surface area is 255 Å². The average molecular weight is 601 g/mol. The first kappa shape index (κ1) is 32.1. The van der Waals surface area contributed by atoms with E-state index in [1.807, 2.05) is 54.6 Å². The van der Waals surface area contributed by atoms with Crippen LogP contribution in [0.1, 0.15) is 36.5 Å². The standard InChI is InChI=1S/C34H36N2O8/c1-34(22-44-34)31(40)28(18-24-13-7-3-8-14-24)35-32(41)26(17-23-11-5-2-6-12-23)19-29(37)27(20-30(38)39)36-33(42)43-21-25-15-9-4-10-16-25/h2-16,26-28H,17-22H2,1H3,(H,35,41)(H,36,42)(H,38,39)/t26-,27+,28+,34-/m1/s1. The van der Waals surface area contributed by atoms with Crippen molar-refractivity contribution in [1.29, 1.82) is 0 Å². The molecule has 0 unspecified atom stereocenters. The van der Waals surface area contributed by atoms with Crippen molar-refractivity contribution in [1.82, 2.24) is 10.6 Å². The molecule has 0 aromatic heterocycles. The Morgan fingerprint density at radius 1 is 0.773 bits per heavy atom. The number of amides is 2. The van der Waals surface area contributed by atoms with Crippen molar-refractivity contribution < 1.29 is 38.6 Å². The van der Waals surface area contributed by atoms with Gasteiger partial charge in [-0.1, -0.05) is 91.0 Å². The van der Waals surface area contributed by atoms with E-state index in [2.05, 4.69) is 10.6 Å². The van der Waals surface area contributed by atoms with Crippen LogP contribution in [-0.2, 0) is 48.1 Å². The Bertz CT molecular complexity index is 1440. The number of ether oxygens (including phenoxy) is 2. The van der Waals surface area contributed by atoms with Crippen LogP contribution in [0.15, 0.2) is 91.0 Å². The third kappa shape index (κ3) is 9.60. The molecule has 3 aromatic rings. The summed E-state index contributed by atoms with van der Waals surface area (Å²) in [5.41, 5.74) is 1.33. The number of hydrogen-bond donors (Lipinski definition) is 3. The molecule has 0 spiro atoms. The van der Waals surface area contributed by atoms with Gasteiger partial charge in [0.1, 0.15) is 18.2 Å². The zero-order chi connectivity index (χ0) is 31.5. The number of carbonyl (C=O) groups excluding carboxylic acids is 4. The molecule has 1 aliphatic rings. The third-order valence-corrected chi connectivity index (χ3v) is 7.43. The first-order valence-corrected chi connectivity index (χ1v) is 14.4. The van der Waals surface area contributed by atoms with Gasteiger partial charge in [-0.3, -0.25) is 19.2 Å². The van der Waals surface area contributed by atoms with E-state index >= 15 is 0 Å². The van der Waals surface area contributed by atoms with Crippen LogP contribution in [0.25, 0.3) is 0 Å². The van der Waals surface area contributed by atoms with Gasteiger partial charge >= 0.3 is 12.1 Å². The molecule has 0 bridgehead atoms. The summed E-state index contributed by atoms with van der Waals surface area (Å²) < 4.78 is 10.6. The molecule has 10 heteroatoms. The second kappa shape index (κ2) is 15.1. The van der Waals surface area contributed by atoms with Crippen molar-refractivity contribution in [2.45, 2.75) is 56.9 Å². The van der Waals surface area contributed by atoms with Crippen LogP contribution in [-0.4, -0.2) is 58.9 Å². The fourth-order valence-electron chi connectivity index (χ4n) is 4.84. The molecule has 1 heterocycles. The maximum atomic E-state index is 13.8. The number of benzene rings is 3. The summed E-state index contributed by atoms with van der Waals surface area (Å²) in [5.74, 6) is -3.72. The molecule has 230 valence electrons. The molecule has 0 aliphatic carbocycles. The zero-order valence-corrected chi connectivity index (χ0v) is 24.4. The van der Waals surface area contributed by atoms with E-state index in [0.29, 0.717) is 5.56 Å². The van der Waals surface area contributed by atoms with Gasteiger partial charge in [0, 0.05) is 12.3 Å². The van der Waals surface area contributed by atoms with Crippen LogP contribution in [0.5, 0.6) is 0 Å². The summed E-state index contributed by atoms with van der Waals surface area (Å²) in [6, 6.07) is 24.8. The Morgan fingerprint density at radius 3 is 1.82 bits per heavy atom. The molecule has 1 fully saturated rings. The largest absolute Gasteiger partial charge is 0.481 e. The predicted molar refractivity (Wildman–Crippen MR) is 161 cm³/mol. The number of epoxide rings is 1. The monoisotopic (exact) mass is 600 g/mol. The number of Topliss-reactive ketones (excluding diaryl/α,β-unsaturated/α-hetero) is 2. The van der Waals surface area contributed by atoms with Crippen LogP contribution >= 0.6 is 0 Å². The molecule has 10 nitrogen and oxygen atoms in total. The maximum absolute atomic E-state index is 13.8. The fraction of sp³-hybridized carbons (Fsp3) is 0.324. The van der Waals surface area contributed by atoms with Crippen molar-refractivity contribution in [3.05, 3.63) is 108 Å². The third-order valence-electron chi connectivity index (χ3n) is 7.43. The summed E-state index contributed by atoms with van der Waals surface area (Å²) in [4.78, 5) is 64.7. The number of aliphatic carboxylic acids is 1. The highest BCUT2D eigenvalue weighted by atomic mass is 16.6. The van der Waals surface area contributed by atoms with E-state index in [9.17, 15) is 29.1 Å². The number of carboxylic acids is 1. The van der Waals surface area contributed by atoms with Crippen molar-refractivity contribution >= 4 is 29.5 Å². The number of alkyl carbamates (subject to hydrolysis) is 1. The summed E-state index contributed by atoms with van der Waals surface area (Å²) in [7, 11) is 0. The van der Waals surface area contributed by atoms with Crippen molar-refractivity contribution in [2.24, 2.45) is 5.92 Å². The van der Waals surface area contributed by atoms with E-state index in [1.54, 1.807) is 43.3 Å². The van der Waals surface area contributed by atoms with Crippen LogP contribution in [0.2, 0.25) is 0 Å². The Hall–Kier alpha value is -4.83. The lowest BCUT2D eigenvalue weighted by molar-refractivity contribution is -0.140. The molecule has 4 atom stereocenters. The van der Waals surface area contributed by atoms with Gasteiger partial charge in [-0.05, 0) is 36.5 Å². The number of hydrogen-bond acceptors (Lipinski definition) is 7. The van der Waals surface area contributed by atoms with E-state index in [1.165, 1.54) is 0 Å². The van der Waals surface area contributed by atoms with Gasteiger partial charge in [-0.15, -0.1) is 0 Å². The highest BCUT2D eigenvalue weighted by molar-refractivity contribution is 5.98. The second-order valence-corrected chi connectivity index (χ2v) is 11.0. The zero-order valence-electron chi connectivity index (χ0n) is 24.4. The summed E-state index contributed by atoms with van der Waals surface area (Å²) >= 11 is 0. The van der Waals surface area contributed by atoms with Gasteiger partial charge in [0.2, 0.25) is 5.91 Å². The Kier molecular flexibility index (Phi) is 11.0. The molecule has 0 radical (unpaired) electrons. The lowest BCUT2D eigenvalue weighted by Crippen LogP contribution is -2.50. The van der Waals surface area contributed by atoms with Crippen LogP contribution in [0.3, 0.4) is 0 Å². The average Bonchev–Trinajstić information content (AvgIpc) is 3.78. The lowest BCUT2D eigenvalue weighted by Gasteiger charge is -2.24. The topological polar surface area (TPSA) is 151 Å². The van der Waals surface area contributed by atoms with E-state index < -0.39 is 53.8 Å². The number of ketones is 2. The maximum Gasteiger partial charge on any atom is 0.408 e. The molecule has 44 heavy (non-hydrogen) atoms. The Morgan fingerprint density at radius 2 is 1.30 bits per heavy atom. The number of rotatable bonds is 16. The van der Waals surface area contributed by atoms with Crippen molar-refractivity contribution in [2.75, 3.05) is 6.61 Å². The second-order valence-electron chi connectivity index (χ2n) is 11.0. The predicted octanol–water partition coefficient (Wildman–Crippen LogP) is 3.66. The summed E-state index contributed by atoms with van der Waals surface area (Å²) in [6.45, 7) is 1.85. The van der Waals surface area contributed by atoms with Crippen LogP contribution in [0, 0.1) is 5.92 Å². The molecular formula is C34H36N2O8. The van der Waals surface area contributed by atoms with Gasteiger partial charge in [0.05, 0.1) is 19.1 Å². The SMILES string of the molecule is C[C@]1(C(=O)[C@H](Cc2ccccc2)NC(=O)[C@@H](CC(=O)[C@H](CC(=O)O)NC(=O)OCc2ccccc2)Cc2ccccc2)CO1. The van der Waals surface area contributed by atoms with E-state index in [-0.39, 0.29) is 38.3 Å². The highest BCUT2D eigenvalue weighted by Gasteiger charge is 2.50. The van der Waals surface area contributed by atoms with E-state index in [0.717, 1.165) is 11.1 Å². The van der Waals surface area contributed by atoms with Crippen molar-refractivity contribution in [3.8, 4) is 0 Å². The first-order chi connectivity index (χ1) is 21.1. The van der Waals surface area contributed by atoms with Crippen LogP contribution < -0.4 is 10.6 Å². The molecule has 1 aliphatic heterocycles. The number of carboxylic acid groups (broad SMARTS) is 1. The molecular weight excluding hydrogens is 564 g/mol. The van der Waals surface area contributed by atoms with E-state index in [4.69, 9.17) is 9.47 Å². The highest BCUT2D eigenvalue weighted by Crippen LogP contribution is 2.29. The van der Waals surface area contributed by atoms with Crippen LogP contribution in [0.4, 0.5) is 4.79 Å². The number of carbonyl (C=O) groups is 5. The molecule has 2 amide bonds. The summed E-state index contributed by atoms with van der Waals surface area (Å²) in [6.07, 6.45) is -1.64. The summed E-state index contributed by atoms with van der Waals surface area (Å²) in [5, 5.41) is 14.7. The van der Waals surface area contributed by atoms with Gasteiger partial charge in [0.25, 0.3) is 0 Å². The number of nitrogens with one attached hydrogen (secondary N) is 2. The minimum absolute atomic E-state index is 0.0703. The first-order valence-electron chi connectivity index (χ1n) is 14.4.